The highest BCUT2D eigenvalue weighted by Crippen LogP contribution is 2.34. The van der Waals surface area contributed by atoms with Crippen molar-refractivity contribution in [2.45, 2.75) is 97.8 Å². The van der Waals surface area contributed by atoms with Crippen LogP contribution >= 0.6 is 0 Å². The number of rotatable bonds is 16. The number of nitrogens with zero attached hydrogens (tertiary/aromatic N) is 2. The predicted molar refractivity (Wildman–Crippen MR) is 190 cm³/mol. The molecule has 266 valence electrons. The van der Waals surface area contributed by atoms with Crippen molar-refractivity contribution in [3.05, 3.63) is 47.7 Å². The number of fused-ring (bicyclic) bond motifs is 1. The van der Waals surface area contributed by atoms with Crippen LogP contribution in [0, 0.1) is 11.3 Å². The molecule has 0 bridgehead atoms. The fourth-order valence-corrected chi connectivity index (χ4v) is 5.92. The summed E-state index contributed by atoms with van der Waals surface area (Å²) in [5, 5.41) is 19.5. The predicted octanol–water partition coefficient (Wildman–Crippen LogP) is 2.62. The fourth-order valence-electron chi connectivity index (χ4n) is 5.92. The van der Waals surface area contributed by atoms with Gasteiger partial charge in [-0.2, -0.15) is 0 Å². The number of benzene rings is 1. The maximum atomic E-state index is 14.2. The number of carboxylic acids is 1. The molecule has 0 fully saturated rings. The quantitative estimate of drug-likeness (QED) is 0.0611. The second-order valence-corrected chi connectivity index (χ2v) is 14.3. The second kappa shape index (κ2) is 16.6. The molecule has 3 unspecified atom stereocenters. The third-order valence-corrected chi connectivity index (χ3v) is 8.76. The van der Waals surface area contributed by atoms with Crippen LogP contribution in [-0.2, 0) is 24.6 Å². The Morgan fingerprint density at radius 3 is 2.21 bits per heavy atom. The third-order valence-electron chi connectivity index (χ3n) is 8.76. The van der Waals surface area contributed by atoms with E-state index in [-0.39, 0.29) is 42.2 Å². The Balaban J connectivity index is 2.30. The molecule has 0 saturated heterocycles. The second-order valence-electron chi connectivity index (χ2n) is 14.3. The van der Waals surface area contributed by atoms with Gasteiger partial charge in [-0.15, -0.1) is 0 Å². The first-order valence-electron chi connectivity index (χ1n) is 16.3. The Hall–Kier alpha value is -4.39. The zero-order chi connectivity index (χ0) is 36.6. The summed E-state index contributed by atoms with van der Waals surface area (Å²) in [4.78, 5) is 61.8. The van der Waals surface area contributed by atoms with E-state index in [1.165, 1.54) is 0 Å². The van der Waals surface area contributed by atoms with Crippen LogP contribution in [0.3, 0.4) is 0 Å². The number of guanidine groups is 1. The van der Waals surface area contributed by atoms with Gasteiger partial charge in [0.1, 0.15) is 12.1 Å². The Labute approximate surface area is 284 Å². The van der Waals surface area contributed by atoms with E-state index in [1.54, 1.807) is 32.0 Å². The van der Waals surface area contributed by atoms with Gasteiger partial charge in [0, 0.05) is 41.7 Å². The fraction of sp³-hybridized carbons (Fsp3) is 0.571. The molecule has 13 heteroatoms. The Morgan fingerprint density at radius 2 is 1.67 bits per heavy atom. The van der Waals surface area contributed by atoms with Crippen LogP contribution in [0.15, 0.2) is 47.1 Å². The van der Waals surface area contributed by atoms with E-state index in [9.17, 15) is 24.3 Å². The van der Waals surface area contributed by atoms with Gasteiger partial charge in [-0.05, 0) is 49.8 Å². The number of aliphatic imine (C=N–C) groups is 1. The lowest BCUT2D eigenvalue weighted by atomic mass is 9.76. The Bertz CT molecular complexity index is 1500. The molecule has 0 radical (unpaired) electrons. The number of carbonyl (C=O) groups excluding carboxylic acids is 3. The normalized spacial score (nSPS) is 14.9. The van der Waals surface area contributed by atoms with Crippen LogP contribution in [0.4, 0.5) is 0 Å². The molecule has 1 heterocycles. The number of carboxylic acid groups (broad SMARTS) is 1. The van der Waals surface area contributed by atoms with Crippen LogP contribution in [0.5, 0.6) is 0 Å². The minimum atomic E-state index is -1.18. The van der Waals surface area contributed by atoms with Crippen molar-refractivity contribution in [2.24, 2.45) is 27.8 Å². The number of H-pyrrole nitrogens is 1. The van der Waals surface area contributed by atoms with Crippen molar-refractivity contribution in [3.8, 4) is 0 Å². The van der Waals surface area contributed by atoms with Crippen molar-refractivity contribution >= 4 is 40.6 Å². The van der Waals surface area contributed by atoms with Crippen molar-refractivity contribution in [2.75, 3.05) is 20.6 Å². The monoisotopic (exact) mass is 668 g/mol. The Morgan fingerprint density at radius 1 is 1.04 bits per heavy atom. The molecule has 4 atom stereocenters. The van der Waals surface area contributed by atoms with Gasteiger partial charge in [-0.1, -0.05) is 72.7 Å². The van der Waals surface area contributed by atoms with E-state index < -0.39 is 46.9 Å². The van der Waals surface area contributed by atoms with Crippen LogP contribution in [0.25, 0.3) is 10.9 Å². The van der Waals surface area contributed by atoms with E-state index in [4.69, 9.17) is 11.5 Å². The summed E-state index contributed by atoms with van der Waals surface area (Å²) in [6.07, 6.45) is 4.08. The zero-order valence-electron chi connectivity index (χ0n) is 30.1. The number of hydrogen-bond acceptors (Lipinski definition) is 6. The van der Waals surface area contributed by atoms with Gasteiger partial charge < -0.3 is 42.4 Å². The lowest BCUT2D eigenvalue weighted by Crippen LogP contribution is -2.61. The summed E-state index contributed by atoms with van der Waals surface area (Å²) in [7, 11) is 3.38. The molecule has 2 rings (SSSR count). The average Bonchev–Trinajstić information content (AvgIpc) is 3.43. The molecule has 0 saturated carbocycles. The first kappa shape index (κ1) is 39.8. The first-order chi connectivity index (χ1) is 22.2. The van der Waals surface area contributed by atoms with Gasteiger partial charge >= 0.3 is 5.97 Å². The summed E-state index contributed by atoms with van der Waals surface area (Å²) in [6.45, 7) is 15.3. The zero-order valence-corrected chi connectivity index (χ0v) is 30.1. The molecule has 0 aliphatic carbocycles. The van der Waals surface area contributed by atoms with Crippen molar-refractivity contribution in [1.29, 1.82) is 0 Å². The number of aromatic nitrogens is 1. The van der Waals surface area contributed by atoms with Crippen LogP contribution in [0.2, 0.25) is 0 Å². The molecular weight excluding hydrogens is 612 g/mol. The molecule has 13 nitrogen and oxygen atoms in total. The highest BCUT2D eigenvalue weighted by Gasteiger charge is 2.42. The summed E-state index contributed by atoms with van der Waals surface area (Å²) in [5.41, 5.74) is 11.5. The van der Waals surface area contributed by atoms with Crippen molar-refractivity contribution < 1.29 is 24.3 Å². The number of carbonyl (C=O) groups is 4. The number of para-hydroxylation sites is 1. The van der Waals surface area contributed by atoms with E-state index in [0.29, 0.717) is 6.42 Å². The summed E-state index contributed by atoms with van der Waals surface area (Å²) >= 11 is 0. The largest absolute Gasteiger partial charge is 0.480 e. The molecule has 1 aromatic carbocycles. The minimum Gasteiger partial charge on any atom is -0.480 e. The van der Waals surface area contributed by atoms with Crippen molar-refractivity contribution in [1.82, 2.24) is 25.8 Å². The molecule has 0 aliphatic rings. The number of nitrogens with one attached hydrogen (secondary N) is 4. The van der Waals surface area contributed by atoms with E-state index >= 15 is 0 Å². The van der Waals surface area contributed by atoms with E-state index in [2.05, 4.69) is 25.9 Å². The number of aromatic amines is 1. The van der Waals surface area contributed by atoms with Gasteiger partial charge in [0.15, 0.2) is 5.96 Å². The lowest BCUT2D eigenvalue weighted by molar-refractivity contribution is -0.141. The van der Waals surface area contributed by atoms with Gasteiger partial charge in [0.2, 0.25) is 17.7 Å². The van der Waals surface area contributed by atoms with Gasteiger partial charge in [-0.3, -0.25) is 19.4 Å². The van der Waals surface area contributed by atoms with Gasteiger partial charge in [0.25, 0.3) is 0 Å². The topological polar surface area (TPSA) is 208 Å². The number of nitrogens with two attached hydrogens (primary N) is 2. The minimum absolute atomic E-state index is 0.0903. The van der Waals surface area contributed by atoms with Crippen LogP contribution in [0.1, 0.15) is 73.8 Å². The maximum absolute atomic E-state index is 14.2. The summed E-state index contributed by atoms with van der Waals surface area (Å²) in [6, 6.07) is 4.68. The number of amides is 3. The molecular formula is C35H56N8O5. The van der Waals surface area contributed by atoms with Gasteiger partial charge in [0.05, 0.1) is 12.1 Å². The maximum Gasteiger partial charge on any atom is 0.326 e. The van der Waals surface area contributed by atoms with E-state index in [0.717, 1.165) is 16.5 Å². The smallest absolute Gasteiger partial charge is 0.326 e. The standard InChI is InChI=1S/C35H56N8O5/c1-20(2)26(18-21(3)29(44)41-25(32(47)48)16-13-17-39-33(36)37)43(10)31(46)28(34(4,5)6)42-30(45)27(38-9)35(7,8)23-19-40-24-15-12-11-14-22(23)24/h11-12,14-15,18-20,25-28,38,40H,13,16-17H2,1-10H3,(H,41,44)(H,42,45)(H,47,48)(H4,36,37,39)/b21-18+/t25?,26-,27?,28?/m1/s1. The van der Waals surface area contributed by atoms with Crippen LogP contribution < -0.4 is 27.4 Å². The average molecular weight is 669 g/mol. The van der Waals surface area contributed by atoms with Crippen LogP contribution in [-0.4, -0.2) is 89.4 Å². The highest BCUT2D eigenvalue weighted by atomic mass is 16.4. The molecule has 3 amide bonds. The van der Waals surface area contributed by atoms with Crippen molar-refractivity contribution in [3.63, 3.8) is 0 Å². The third kappa shape index (κ3) is 10.1. The number of likely N-dealkylation sites (N-methyl/N-ethyl adjacent to an activating group) is 2. The first-order valence-corrected chi connectivity index (χ1v) is 16.3. The Kier molecular flexibility index (Phi) is 13.8. The number of hydrogen-bond donors (Lipinski definition) is 7. The SMILES string of the molecule is CNC(C(=O)NC(C(=O)N(C)[C@H](/C=C(\C)C(=O)NC(CCCN=C(N)N)C(=O)O)C(C)C)C(C)(C)C)C(C)(C)c1c[nH]c2ccccc12. The summed E-state index contributed by atoms with van der Waals surface area (Å²) < 4.78 is 0. The highest BCUT2D eigenvalue weighted by molar-refractivity contribution is 5.96. The molecule has 9 N–H and O–H groups in total. The molecule has 1 aromatic heterocycles. The number of aliphatic carboxylic acids is 1. The molecule has 48 heavy (non-hydrogen) atoms. The molecule has 0 aliphatic heterocycles. The lowest BCUT2D eigenvalue weighted by Gasteiger charge is -2.39. The van der Waals surface area contributed by atoms with E-state index in [1.807, 2.05) is 78.9 Å². The van der Waals surface area contributed by atoms with Gasteiger partial charge in [-0.25, -0.2) is 4.79 Å². The molecule has 0 spiro atoms. The summed E-state index contributed by atoms with van der Waals surface area (Å²) in [5.74, 6) is -2.58. The molecule has 2 aromatic rings.